The Morgan fingerprint density at radius 1 is 1.29 bits per heavy atom. The topological polar surface area (TPSA) is 34.1 Å². The molecule has 2 nitrogen and oxygen atoms in total. The normalized spacial score (nSPS) is 12.6. The summed E-state index contributed by atoms with van der Waals surface area (Å²) >= 11 is 2.30. The van der Waals surface area contributed by atoms with Crippen molar-refractivity contribution in [1.82, 2.24) is 0 Å². The molecule has 0 aliphatic heterocycles. The summed E-state index contributed by atoms with van der Waals surface area (Å²) in [5.41, 5.74) is 1.04. The Kier molecular flexibility index (Phi) is 5.47. The average Bonchev–Trinajstić information content (AvgIpc) is 2.25. The molecule has 92 valence electrons. The van der Waals surface area contributed by atoms with Crippen LogP contribution in [0, 0.1) is 18.1 Å². The lowest BCUT2D eigenvalue weighted by atomic mass is 10.2. The summed E-state index contributed by atoms with van der Waals surface area (Å²) < 4.78 is 24.1. The smallest absolute Gasteiger partial charge is 0.210 e. The van der Waals surface area contributed by atoms with Gasteiger partial charge in [0.15, 0.2) is 0 Å². The zero-order chi connectivity index (χ0) is 12.9. The Bertz CT molecular complexity index is 519. The highest BCUT2D eigenvalue weighted by molar-refractivity contribution is 14.1. The van der Waals surface area contributed by atoms with Crippen LogP contribution in [-0.2, 0) is 9.84 Å². The second-order valence-electron chi connectivity index (χ2n) is 3.91. The molecular formula is C13H15IO2S. The van der Waals surface area contributed by atoms with Gasteiger partial charge in [0.05, 0.1) is 4.90 Å². The van der Waals surface area contributed by atoms with Crippen molar-refractivity contribution in [2.45, 2.75) is 35.5 Å². The quantitative estimate of drug-likeness (QED) is 0.358. The van der Waals surface area contributed by atoms with Crippen LogP contribution in [0.15, 0.2) is 29.2 Å². The Morgan fingerprint density at radius 3 is 2.41 bits per heavy atom. The van der Waals surface area contributed by atoms with Crippen molar-refractivity contribution in [2.24, 2.45) is 0 Å². The van der Waals surface area contributed by atoms with Gasteiger partial charge in [-0.3, -0.25) is 0 Å². The third-order valence-corrected chi connectivity index (χ3v) is 4.13. The summed E-state index contributed by atoms with van der Waals surface area (Å²) in [5, 5.41) is 2.37. The predicted octanol–water partition coefficient (Wildman–Crippen LogP) is 3.33. The number of rotatable bonds is 3. The van der Waals surface area contributed by atoms with Gasteiger partial charge >= 0.3 is 0 Å². The predicted molar refractivity (Wildman–Crippen MR) is 78.9 cm³/mol. The zero-order valence-electron chi connectivity index (χ0n) is 9.90. The molecule has 1 aromatic carbocycles. The zero-order valence-corrected chi connectivity index (χ0v) is 12.9. The van der Waals surface area contributed by atoms with Crippen molar-refractivity contribution in [1.29, 1.82) is 0 Å². The van der Waals surface area contributed by atoms with Crippen molar-refractivity contribution in [3.05, 3.63) is 29.8 Å². The lowest BCUT2D eigenvalue weighted by Crippen LogP contribution is -1.97. The third-order valence-electron chi connectivity index (χ3n) is 2.20. The molecule has 4 heteroatoms. The molecule has 0 spiro atoms. The van der Waals surface area contributed by atoms with Crippen molar-refractivity contribution >= 4 is 32.4 Å². The van der Waals surface area contributed by atoms with E-state index in [1.54, 1.807) is 24.3 Å². The van der Waals surface area contributed by atoms with E-state index in [2.05, 4.69) is 40.7 Å². The molecule has 1 rings (SSSR count). The molecule has 0 N–H and O–H groups in total. The summed E-state index contributed by atoms with van der Waals surface area (Å²) in [7, 11) is -3.44. The Morgan fingerprint density at radius 2 is 1.88 bits per heavy atom. The first-order valence-electron chi connectivity index (χ1n) is 5.37. The fourth-order valence-corrected chi connectivity index (χ4v) is 2.41. The molecule has 17 heavy (non-hydrogen) atoms. The van der Waals surface area contributed by atoms with Crippen LogP contribution in [-0.4, -0.2) is 12.3 Å². The SMILES string of the molecule is Cc1ccc(S(=O)(=O)C#CCCC(C)I)cc1. The minimum absolute atomic E-state index is 0.276. The van der Waals surface area contributed by atoms with Gasteiger partial charge in [0.25, 0.3) is 0 Å². The second-order valence-corrected chi connectivity index (χ2v) is 7.72. The lowest BCUT2D eigenvalue weighted by Gasteiger charge is -1.98. The number of benzene rings is 1. The largest absolute Gasteiger partial charge is 0.245 e. The van der Waals surface area contributed by atoms with E-state index in [9.17, 15) is 8.42 Å². The van der Waals surface area contributed by atoms with E-state index in [0.29, 0.717) is 10.3 Å². The summed E-state index contributed by atoms with van der Waals surface area (Å²) in [6.07, 6.45) is 1.53. The van der Waals surface area contributed by atoms with Gasteiger partial charge in [0.2, 0.25) is 9.84 Å². The van der Waals surface area contributed by atoms with E-state index in [4.69, 9.17) is 0 Å². The van der Waals surface area contributed by atoms with Gasteiger partial charge in [-0.2, -0.15) is 0 Å². The van der Waals surface area contributed by atoms with Crippen LogP contribution in [0.5, 0.6) is 0 Å². The Labute approximate surface area is 117 Å². The number of halogens is 1. The van der Waals surface area contributed by atoms with Crippen LogP contribution >= 0.6 is 22.6 Å². The number of sulfone groups is 1. The molecule has 0 aliphatic carbocycles. The minimum Gasteiger partial charge on any atom is -0.210 e. The van der Waals surface area contributed by atoms with E-state index < -0.39 is 9.84 Å². The van der Waals surface area contributed by atoms with E-state index in [1.165, 1.54) is 0 Å². The monoisotopic (exact) mass is 362 g/mol. The molecule has 0 saturated carbocycles. The molecule has 0 radical (unpaired) electrons. The number of hydrogen-bond acceptors (Lipinski definition) is 2. The highest BCUT2D eigenvalue weighted by atomic mass is 127. The highest BCUT2D eigenvalue weighted by Gasteiger charge is 2.09. The molecule has 0 heterocycles. The van der Waals surface area contributed by atoms with Crippen LogP contribution < -0.4 is 0 Å². The molecular weight excluding hydrogens is 347 g/mol. The lowest BCUT2D eigenvalue weighted by molar-refractivity contribution is 0.606. The number of alkyl halides is 1. The first-order valence-corrected chi connectivity index (χ1v) is 8.10. The van der Waals surface area contributed by atoms with Crippen LogP contribution in [0.3, 0.4) is 0 Å². The van der Waals surface area contributed by atoms with Gasteiger partial charge in [-0.1, -0.05) is 53.1 Å². The van der Waals surface area contributed by atoms with Gasteiger partial charge in [-0.05, 0) is 25.5 Å². The second kappa shape index (κ2) is 6.41. The van der Waals surface area contributed by atoms with Crippen molar-refractivity contribution in [3.63, 3.8) is 0 Å². The van der Waals surface area contributed by atoms with Crippen molar-refractivity contribution in [2.75, 3.05) is 0 Å². The number of hydrogen-bond donors (Lipinski definition) is 0. The molecule has 0 amide bonds. The summed E-state index contributed by atoms with van der Waals surface area (Å²) in [6, 6.07) is 6.75. The standard InChI is InChI=1S/C13H15IO2S/c1-11-6-8-13(9-7-11)17(15,16)10-4-3-5-12(2)14/h6-9,12H,3,5H2,1-2H3. The molecule has 0 aromatic heterocycles. The van der Waals surface area contributed by atoms with Gasteiger partial charge in [-0.15, -0.1) is 0 Å². The molecule has 0 saturated heterocycles. The Hall–Kier alpha value is -0.540. The third kappa shape index (κ3) is 5.09. The van der Waals surface area contributed by atoms with E-state index >= 15 is 0 Å². The average molecular weight is 362 g/mol. The fourth-order valence-electron chi connectivity index (χ4n) is 1.19. The summed E-state index contributed by atoms with van der Waals surface area (Å²) in [4.78, 5) is 0.276. The first kappa shape index (κ1) is 14.5. The van der Waals surface area contributed by atoms with Gasteiger partial charge in [-0.25, -0.2) is 8.42 Å². The van der Waals surface area contributed by atoms with Crippen LogP contribution in [0.4, 0.5) is 0 Å². The first-order chi connectivity index (χ1) is 7.92. The highest BCUT2D eigenvalue weighted by Crippen LogP contribution is 2.11. The molecule has 1 atom stereocenters. The Balaban J connectivity index is 2.78. The van der Waals surface area contributed by atoms with Gasteiger partial charge < -0.3 is 0 Å². The molecule has 1 unspecified atom stereocenters. The van der Waals surface area contributed by atoms with Crippen molar-refractivity contribution < 1.29 is 8.42 Å². The van der Waals surface area contributed by atoms with E-state index in [1.807, 2.05) is 6.92 Å². The molecule has 0 bridgehead atoms. The molecule has 0 aliphatic rings. The van der Waals surface area contributed by atoms with Crippen molar-refractivity contribution in [3.8, 4) is 11.2 Å². The summed E-state index contributed by atoms with van der Waals surface area (Å²) in [6.45, 7) is 4.00. The molecule has 0 fully saturated rings. The van der Waals surface area contributed by atoms with Crippen LogP contribution in [0.1, 0.15) is 25.3 Å². The van der Waals surface area contributed by atoms with Crippen LogP contribution in [0.2, 0.25) is 0 Å². The molecule has 1 aromatic rings. The van der Waals surface area contributed by atoms with Gasteiger partial charge in [0.1, 0.15) is 0 Å². The van der Waals surface area contributed by atoms with E-state index in [-0.39, 0.29) is 4.90 Å². The fraction of sp³-hybridized carbons (Fsp3) is 0.385. The van der Waals surface area contributed by atoms with Gasteiger partial charge in [0, 0.05) is 15.6 Å². The maximum absolute atomic E-state index is 11.8. The summed E-state index contributed by atoms with van der Waals surface area (Å²) in [5.74, 6) is 2.73. The number of aryl methyl sites for hydroxylation is 1. The van der Waals surface area contributed by atoms with Crippen LogP contribution in [0.25, 0.3) is 0 Å². The maximum Gasteiger partial charge on any atom is 0.245 e. The maximum atomic E-state index is 11.8. The van der Waals surface area contributed by atoms with E-state index in [0.717, 1.165) is 12.0 Å². The minimum atomic E-state index is -3.44.